The minimum atomic E-state index is -1.54. The molecule has 0 saturated heterocycles. The van der Waals surface area contributed by atoms with E-state index in [0.29, 0.717) is 31.0 Å². The van der Waals surface area contributed by atoms with Gasteiger partial charge in [0.15, 0.2) is 0 Å². The number of benzene rings is 1. The Kier molecular flexibility index (Phi) is 6.87. The molecule has 1 rings (SSSR count). The van der Waals surface area contributed by atoms with Crippen molar-refractivity contribution in [1.29, 1.82) is 0 Å². The second-order valence-corrected chi connectivity index (χ2v) is 4.23. The van der Waals surface area contributed by atoms with Gasteiger partial charge in [-0.2, -0.15) is 0 Å². The van der Waals surface area contributed by atoms with Gasteiger partial charge in [-0.15, -0.1) is 0 Å². The number of rotatable bonds is 8. The smallest absolute Gasteiger partial charge is 0.492 e. The van der Waals surface area contributed by atoms with Gasteiger partial charge in [0.2, 0.25) is 0 Å². The van der Waals surface area contributed by atoms with Gasteiger partial charge in [0.25, 0.3) is 0 Å². The molecule has 19 heavy (non-hydrogen) atoms. The summed E-state index contributed by atoms with van der Waals surface area (Å²) in [6, 6.07) is 5.14. The first-order valence-corrected chi connectivity index (χ1v) is 6.30. The molecule has 1 atom stereocenters. The Morgan fingerprint density at radius 1 is 1.32 bits per heavy atom. The summed E-state index contributed by atoms with van der Waals surface area (Å²) in [5, 5.41) is 18.3. The van der Waals surface area contributed by atoms with Gasteiger partial charge in [-0.05, 0) is 25.5 Å². The molecule has 0 saturated carbocycles. The van der Waals surface area contributed by atoms with Crippen LogP contribution in [0.3, 0.4) is 0 Å². The molecule has 0 radical (unpaired) electrons. The molecule has 2 N–H and O–H groups in total. The molecule has 0 amide bonds. The molecule has 6 heteroatoms. The van der Waals surface area contributed by atoms with Crippen molar-refractivity contribution in [2.24, 2.45) is 0 Å². The summed E-state index contributed by atoms with van der Waals surface area (Å²) in [4.78, 5) is 0. The fourth-order valence-corrected chi connectivity index (χ4v) is 1.73. The van der Waals surface area contributed by atoms with Crippen molar-refractivity contribution in [1.82, 2.24) is 0 Å². The lowest BCUT2D eigenvalue weighted by atomic mass is 9.79. The summed E-state index contributed by atoms with van der Waals surface area (Å²) >= 11 is 0. The Morgan fingerprint density at radius 3 is 2.63 bits per heavy atom. The van der Waals surface area contributed by atoms with E-state index in [1.165, 1.54) is 7.11 Å². The lowest BCUT2D eigenvalue weighted by Gasteiger charge is -2.13. The van der Waals surface area contributed by atoms with E-state index in [0.717, 1.165) is 5.56 Å². The predicted octanol–water partition coefficient (Wildman–Crippen LogP) is 0.317. The van der Waals surface area contributed by atoms with E-state index in [4.69, 9.17) is 24.3 Å². The largest absolute Gasteiger partial charge is 0.497 e. The Labute approximate surface area is 114 Å². The van der Waals surface area contributed by atoms with Gasteiger partial charge < -0.3 is 24.3 Å². The van der Waals surface area contributed by atoms with E-state index in [9.17, 15) is 0 Å². The molecule has 0 heterocycles. The summed E-state index contributed by atoms with van der Waals surface area (Å²) in [5.74, 6) is 0.439. The van der Waals surface area contributed by atoms with Crippen molar-refractivity contribution >= 4 is 12.6 Å². The number of methoxy groups -OCH3 is 1. The Balaban J connectivity index is 2.55. The van der Waals surface area contributed by atoms with Crippen molar-refractivity contribution < 1.29 is 24.3 Å². The van der Waals surface area contributed by atoms with Crippen molar-refractivity contribution in [2.75, 3.05) is 20.3 Å². The van der Waals surface area contributed by atoms with Crippen LogP contribution in [0.25, 0.3) is 0 Å². The molecule has 0 unspecified atom stereocenters. The molecule has 0 fully saturated rings. The lowest BCUT2D eigenvalue weighted by Crippen LogP contribution is -2.31. The van der Waals surface area contributed by atoms with Gasteiger partial charge in [0.1, 0.15) is 5.75 Å². The highest BCUT2D eigenvalue weighted by atomic mass is 16.5. The van der Waals surface area contributed by atoms with Gasteiger partial charge in [-0.3, -0.25) is 0 Å². The maximum Gasteiger partial charge on any atom is 0.492 e. The highest BCUT2D eigenvalue weighted by molar-refractivity contribution is 6.59. The fraction of sp³-hybridized carbons (Fsp3) is 0.538. The van der Waals surface area contributed by atoms with E-state index in [1.807, 2.05) is 13.8 Å². The SMILES string of the molecule is CCO[C@H](C)COCc1ccc(B(O)O)c(OC)c1. The first kappa shape index (κ1) is 16.0. The van der Waals surface area contributed by atoms with Crippen LogP contribution in [0.15, 0.2) is 18.2 Å². The molecule has 0 aliphatic carbocycles. The predicted molar refractivity (Wildman–Crippen MR) is 73.6 cm³/mol. The third-order valence-electron chi connectivity index (χ3n) is 2.65. The maximum atomic E-state index is 9.16. The Morgan fingerprint density at radius 2 is 2.05 bits per heavy atom. The topological polar surface area (TPSA) is 68.2 Å². The first-order chi connectivity index (χ1) is 9.08. The summed E-state index contributed by atoms with van der Waals surface area (Å²) < 4.78 is 16.0. The van der Waals surface area contributed by atoms with Crippen LogP contribution in [-0.2, 0) is 16.1 Å². The molecular formula is C13H21BO5. The van der Waals surface area contributed by atoms with E-state index in [2.05, 4.69) is 0 Å². The van der Waals surface area contributed by atoms with Crippen LogP contribution in [-0.4, -0.2) is 43.6 Å². The quantitative estimate of drug-likeness (QED) is 0.664. The van der Waals surface area contributed by atoms with Crippen LogP contribution in [0.5, 0.6) is 5.75 Å². The lowest BCUT2D eigenvalue weighted by molar-refractivity contribution is -0.00715. The Bertz CT molecular complexity index is 383. The standard InChI is InChI=1S/C13H21BO5/c1-4-19-10(2)8-18-9-11-5-6-12(14(15)16)13(7-11)17-3/h5-7,10,15-16H,4,8-9H2,1-3H3/t10-/m1/s1. The number of hydrogen-bond donors (Lipinski definition) is 2. The molecule has 0 bridgehead atoms. The number of hydrogen-bond acceptors (Lipinski definition) is 5. The van der Waals surface area contributed by atoms with Gasteiger partial charge in [0, 0.05) is 12.1 Å². The molecule has 1 aromatic rings. The first-order valence-electron chi connectivity index (χ1n) is 6.30. The van der Waals surface area contributed by atoms with Crippen LogP contribution in [0, 0.1) is 0 Å². The van der Waals surface area contributed by atoms with Gasteiger partial charge in [0.05, 0.1) is 26.4 Å². The summed E-state index contributed by atoms with van der Waals surface area (Å²) in [7, 11) is -0.0499. The molecular weight excluding hydrogens is 247 g/mol. The van der Waals surface area contributed by atoms with Gasteiger partial charge in [-0.25, -0.2) is 0 Å². The fourth-order valence-electron chi connectivity index (χ4n) is 1.73. The van der Waals surface area contributed by atoms with E-state index >= 15 is 0 Å². The van der Waals surface area contributed by atoms with Crippen LogP contribution in [0.4, 0.5) is 0 Å². The molecule has 0 aliphatic rings. The average Bonchev–Trinajstić information content (AvgIpc) is 2.38. The highest BCUT2D eigenvalue weighted by Crippen LogP contribution is 2.12. The minimum absolute atomic E-state index is 0.0606. The molecule has 106 valence electrons. The van der Waals surface area contributed by atoms with E-state index in [1.54, 1.807) is 18.2 Å². The average molecular weight is 268 g/mol. The Hall–Kier alpha value is -1.08. The van der Waals surface area contributed by atoms with Gasteiger partial charge in [-0.1, -0.05) is 12.1 Å². The van der Waals surface area contributed by atoms with Crippen LogP contribution < -0.4 is 10.2 Å². The molecule has 5 nitrogen and oxygen atoms in total. The molecule has 0 aliphatic heterocycles. The van der Waals surface area contributed by atoms with Crippen molar-refractivity contribution in [3.8, 4) is 5.75 Å². The zero-order valence-electron chi connectivity index (χ0n) is 11.6. The minimum Gasteiger partial charge on any atom is -0.497 e. The van der Waals surface area contributed by atoms with E-state index < -0.39 is 7.12 Å². The zero-order chi connectivity index (χ0) is 14.3. The van der Waals surface area contributed by atoms with Crippen molar-refractivity contribution in [2.45, 2.75) is 26.6 Å². The maximum absolute atomic E-state index is 9.16. The summed E-state index contributed by atoms with van der Waals surface area (Å²) in [6.07, 6.45) is 0.0606. The zero-order valence-corrected chi connectivity index (χ0v) is 11.6. The van der Waals surface area contributed by atoms with E-state index in [-0.39, 0.29) is 6.10 Å². The van der Waals surface area contributed by atoms with Crippen LogP contribution >= 0.6 is 0 Å². The molecule has 1 aromatic carbocycles. The second-order valence-electron chi connectivity index (χ2n) is 4.23. The highest BCUT2D eigenvalue weighted by Gasteiger charge is 2.17. The van der Waals surface area contributed by atoms with Crippen molar-refractivity contribution in [3.63, 3.8) is 0 Å². The normalized spacial score (nSPS) is 12.3. The summed E-state index contributed by atoms with van der Waals surface area (Å²) in [6.45, 7) is 5.51. The second kappa shape index (κ2) is 8.17. The monoisotopic (exact) mass is 268 g/mol. The summed E-state index contributed by atoms with van der Waals surface area (Å²) in [5.41, 5.74) is 1.25. The molecule has 0 spiro atoms. The van der Waals surface area contributed by atoms with Crippen LogP contribution in [0.2, 0.25) is 0 Å². The van der Waals surface area contributed by atoms with Crippen molar-refractivity contribution in [3.05, 3.63) is 23.8 Å². The third kappa shape index (κ3) is 5.20. The van der Waals surface area contributed by atoms with Crippen LogP contribution in [0.1, 0.15) is 19.4 Å². The number of ether oxygens (including phenoxy) is 3. The third-order valence-corrected chi connectivity index (χ3v) is 2.65. The molecule has 0 aromatic heterocycles. The van der Waals surface area contributed by atoms with Gasteiger partial charge >= 0.3 is 7.12 Å².